The fraction of sp³-hybridized carbons (Fsp3) is 0.500. The monoisotopic (exact) mass is 269 g/mol. The van der Waals surface area contributed by atoms with Gasteiger partial charge in [0, 0.05) is 0 Å². The van der Waals surface area contributed by atoms with Crippen LogP contribution >= 0.6 is 0 Å². The summed E-state index contributed by atoms with van der Waals surface area (Å²) in [4.78, 5) is 31.2. The van der Waals surface area contributed by atoms with Crippen molar-refractivity contribution in [2.24, 2.45) is 0 Å². The standard InChI is InChI=1S/C6H9NO6.Na.3H2O.H/c8-4(9)1-7(2-5(10)11)3-6(12)13;;;;;/h1-3H2,(H,8,9)(H,10,11)(H,12,13);;3*1H2;/q;+1;;;;-1. The van der Waals surface area contributed by atoms with Crippen molar-refractivity contribution in [1.29, 1.82) is 0 Å². The number of nitrogens with zero attached hydrogens (tertiary/aromatic N) is 1. The van der Waals surface area contributed by atoms with E-state index in [1.54, 1.807) is 0 Å². The minimum Gasteiger partial charge on any atom is -1.00 e. The Kier molecular flexibility index (Phi) is 26.8. The van der Waals surface area contributed by atoms with Crippen molar-refractivity contribution in [2.75, 3.05) is 19.6 Å². The van der Waals surface area contributed by atoms with E-state index in [-0.39, 0.29) is 47.4 Å². The van der Waals surface area contributed by atoms with Crippen molar-refractivity contribution in [3.05, 3.63) is 0 Å². The van der Waals surface area contributed by atoms with Gasteiger partial charge in [0.1, 0.15) is 0 Å². The summed E-state index contributed by atoms with van der Waals surface area (Å²) in [6.45, 7) is -1.80. The van der Waals surface area contributed by atoms with Crippen LogP contribution in [0.25, 0.3) is 0 Å². The molecule has 0 aromatic rings. The van der Waals surface area contributed by atoms with E-state index in [2.05, 4.69) is 0 Å². The quantitative estimate of drug-likeness (QED) is 0.396. The Balaban J connectivity index is -0.0000000720. The molecular weight excluding hydrogens is 253 g/mol. The Morgan fingerprint density at radius 3 is 1.06 bits per heavy atom. The van der Waals surface area contributed by atoms with Crippen LogP contribution in [-0.4, -0.2) is 74.2 Å². The minimum atomic E-state index is -1.26. The van der Waals surface area contributed by atoms with Crippen LogP contribution in [0.15, 0.2) is 0 Å². The Morgan fingerprint density at radius 1 is 0.765 bits per heavy atom. The third-order valence-electron chi connectivity index (χ3n) is 1.08. The van der Waals surface area contributed by atoms with Crippen molar-refractivity contribution in [3.63, 3.8) is 0 Å². The predicted octanol–water partition coefficient (Wildman–Crippen LogP) is -6.82. The number of rotatable bonds is 6. The van der Waals surface area contributed by atoms with Gasteiger partial charge in [-0.2, -0.15) is 0 Å². The number of hydrogen-bond acceptors (Lipinski definition) is 4. The van der Waals surface area contributed by atoms with E-state index in [0.29, 0.717) is 0 Å². The topological polar surface area (TPSA) is 210 Å². The third-order valence-corrected chi connectivity index (χ3v) is 1.08. The van der Waals surface area contributed by atoms with Crippen LogP contribution in [-0.2, 0) is 14.4 Å². The number of carbonyl (C=O) groups is 3. The summed E-state index contributed by atoms with van der Waals surface area (Å²) in [5.41, 5.74) is 0. The van der Waals surface area contributed by atoms with Crippen LogP contribution in [0.2, 0.25) is 0 Å². The normalized spacial score (nSPS) is 7.59. The number of carboxylic acid groups (broad SMARTS) is 3. The molecule has 0 fully saturated rings. The summed E-state index contributed by atoms with van der Waals surface area (Å²) in [6, 6.07) is 0. The summed E-state index contributed by atoms with van der Waals surface area (Å²) in [5.74, 6) is -3.78. The maximum absolute atomic E-state index is 10.1. The zero-order chi connectivity index (χ0) is 10.4. The van der Waals surface area contributed by atoms with Crippen molar-refractivity contribution < 1.29 is 77.1 Å². The second-order valence-electron chi connectivity index (χ2n) is 2.33. The van der Waals surface area contributed by atoms with Crippen LogP contribution in [0.1, 0.15) is 1.43 Å². The second kappa shape index (κ2) is 15.2. The van der Waals surface area contributed by atoms with Crippen LogP contribution in [0.4, 0.5) is 0 Å². The SMILES string of the molecule is O.O.O.O=C(O)CN(CC(=O)O)CC(=O)O.[H-].[Na+]. The van der Waals surface area contributed by atoms with Crippen LogP contribution < -0.4 is 29.6 Å². The van der Waals surface area contributed by atoms with E-state index in [1.807, 2.05) is 0 Å². The molecule has 17 heavy (non-hydrogen) atoms. The van der Waals surface area contributed by atoms with Crippen molar-refractivity contribution in [3.8, 4) is 0 Å². The summed E-state index contributed by atoms with van der Waals surface area (Å²) in [7, 11) is 0. The van der Waals surface area contributed by atoms with Gasteiger partial charge in [-0.15, -0.1) is 0 Å². The summed E-state index contributed by atoms with van der Waals surface area (Å²) >= 11 is 0. The van der Waals surface area contributed by atoms with Gasteiger partial charge in [0.2, 0.25) is 0 Å². The average Bonchev–Trinajstić information content (AvgIpc) is 1.80. The maximum atomic E-state index is 10.1. The van der Waals surface area contributed by atoms with Gasteiger partial charge < -0.3 is 33.2 Å². The molecule has 9 N–H and O–H groups in total. The predicted molar refractivity (Wildman–Crippen MR) is 51.3 cm³/mol. The number of aliphatic carboxylic acids is 3. The van der Waals surface area contributed by atoms with Gasteiger partial charge in [-0.25, -0.2) is 0 Å². The molecule has 0 atom stereocenters. The second-order valence-corrected chi connectivity index (χ2v) is 2.33. The smallest absolute Gasteiger partial charge is 1.00 e. The minimum absolute atomic E-state index is 0. The average molecular weight is 269 g/mol. The van der Waals surface area contributed by atoms with E-state index < -0.39 is 37.5 Å². The molecule has 0 rings (SSSR count). The summed E-state index contributed by atoms with van der Waals surface area (Å²) in [5, 5.41) is 24.8. The molecule has 0 aliphatic rings. The van der Waals surface area contributed by atoms with Crippen molar-refractivity contribution >= 4 is 17.9 Å². The first-order valence-corrected chi connectivity index (χ1v) is 3.29. The van der Waals surface area contributed by atoms with Crippen molar-refractivity contribution in [1.82, 2.24) is 4.90 Å². The zero-order valence-corrected chi connectivity index (χ0v) is 11.1. The Hall–Kier alpha value is -0.750. The first kappa shape index (κ1) is 29.9. The maximum Gasteiger partial charge on any atom is 1.00 e. The zero-order valence-electron chi connectivity index (χ0n) is 10.1. The molecule has 0 bridgehead atoms. The molecule has 0 saturated heterocycles. The van der Waals surface area contributed by atoms with Crippen LogP contribution in [0, 0.1) is 0 Å². The van der Waals surface area contributed by atoms with Crippen LogP contribution in [0.3, 0.4) is 0 Å². The molecular formula is C6H16NNaO9. The molecule has 100 valence electrons. The van der Waals surface area contributed by atoms with Gasteiger partial charge in [0.25, 0.3) is 0 Å². The summed E-state index contributed by atoms with van der Waals surface area (Å²) < 4.78 is 0. The van der Waals surface area contributed by atoms with E-state index >= 15 is 0 Å². The largest absolute Gasteiger partial charge is 1.00 e. The van der Waals surface area contributed by atoms with Gasteiger partial charge in [0.05, 0.1) is 19.6 Å². The third kappa shape index (κ3) is 21.2. The summed E-state index contributed by atoms with van der Waals surface area (Å²) in [6.07, 6.45) is 0. The fourth-order valence-corrected chi connectivity index (χ4v) is 0.742. The van der Waals surface area contributed by atoms with Gasteiger partial charge in [-0.1, -0.05) is 0 Å². The molecule has 0 amide bonds. The molecule has 0 aromatic carbocycles. The molecule has 0 aliphatic carbocycles. The van der Waals surface area contributed by atoms with Gasteiger partial charge >= 0.3 is 47.5 Å². The van der Waals surface area contributed by atoms with Gasteiger partial charge in [-0.05, 0) is 0 Å². The molecule has 10 nitrogen and oxygen atoms in total. The Labute approximate surface area is 120 Å². The molecule has 0 heterocycles. The van der Waals surface area contributed by atoms with Crippen LogP contribution in [0.5, 0.6) is 0 Å². The number of carboxylic acids is 3. The van der Waals surface area contributed by atoms with E-state index in [4.69, 9.17) is 15.3 Å². The van der Waals surface area contributed by atoms with Gasteiger partial charge in [-0.3, -0.25) is 19.3 Å². The van der Waals surface area contributed by atoms with Crippen molar-refractivity contribution in [2.45, 2.75) is 0 Å². The molecule has 0 radical (unpaired) electrons. The molecule has 0 saturated carbocycles. The van der Waals surface area contributed by atoms with Gasteiger partial charge in [0.15, 0.2) is 0 Å². The van der Waals surface area contributed by atoms with E-state index in [9.17, 15) is 14.4 Å². The first-order valence-electron chi connectivity index (χ1n) is 3.29. The molecule has 0 aliphatic heterocycles. The molecule has 0 aromatic heterocycles. The van der Waals surface area contributed by atoms with E-state index in [0.717, 1.165) is 4.90 Å². The first-order chi connectivity index (χ1) is 5.91. The Bertz CT molecular complexity index is 201. The Morgan fingerprint density at radius 2 is 0.941 bits per heavy atom. The van der Waals surface area contributed by atoms with E-state index in [1.165, 1.54) is 0 Å². The number of hydrogen-bond donors (Lipinski definition) is 3. The fourth-order valence-electron chi connectivity index (χ4n) is 0.742. The molecule has 0 unspecified atom stereocenters. The molecule has 11 heteroatoms. The molecule has 0 spiro atoms.